The molecule has 4 heteroatoms. The first-order valence-corrected chi connectivity index (χ1v) is 7.58. The second kappa shape index (κ2) is 8.01. The fraction of sp³-hybridized carbons (Fsp3) is 0.588. The van der Waals surface area contributed by atoms with Crippen LogP contribution in [0.3, 0.4) is 0 Å². The van der Waals surface area contributed by atoms with Crippen molar-refractivity contribution in [3.05, 3.63) is 35.6 Å². The first-order chi connectivity index (χ1) is 9.90. The van der Waals surface area contributed by atoms with Gasteiger partial charge in [-0.25, -0.2) is 4.39 Å². The standard InChI is InChI=1S/C17H28FN3/c1-6-7-12-21(5)16(19-4)20-13-17(2,3)14-8-10-15(18)11-9-14/h8-11H,6-7,12-13H2,1-5H3,(H,19,20). The van der Waals surface area contributed by atoms with Gasteiger partial charge in [0.05, 0.1) is 0 Å². The molecule has 1 N–H and O–H groups in total. The quantitative estimate of drug-likeness (QED) is 0.643. The summed E-state index contributed by atoms with van der Waals surface area (Å²) in [5.41, 5.74) is 1.03. The lowest BCUT2D eigenvalue weighted by Crippen LogP contribution is -2.44. The fourth-order valence-corrected chi connectivity index (χ4v) is 2.19. The zero-order valence-corrected chi connectivity index (χ0v) is 13.9. The molecule has 0 aromatic heterocycles. The first kappa shape index (κ1) is 17.5. The van der Waals surface area contributed by atoms with E-state index < -0.39 is 0 Å². The molecule has 0 bridgehead atoms. The highest BCUT2D eigenvalue weighted by atomic mass is 19.1. The van der Waals surface area contributed by atoms with Gasteiger partial charge in [0.15, 0.2) is 5.96 Å². The summed E-state index contributed by atoms with van der Waals surface area (Å²) >= 11 is 0. The maximum Gasteiger partial charge on any atom is 0.193 e. The van der Waals surface area contributed by atoms with Gasteiger partial charge in [-0.3, -0.25) is 4.99 Å². The van der Waals surface area contributed by atoms with Crippen molar-refractivity contribution in [3.8, 4) is 0 Å². The zero-order valence-electron chi connectivity index (χ0n) is 13.9. The Morgan fingerprint density at radius 3 is 2.43 bits per heavy atom. The number of nitrogens with zero attached hydrogens (tertiary/aromatic N) is 2. The Hall–Kier alpha value is -1.58. The predicted molar refractivity (Wildman–Crippen MR) is 88.3 cm³/mol. The number of guanidine groups is 1. The molecule has 1 aromatic rings. The molecule has 0 aliphatic rings. The van der Waals surface area contributed by atoms with Crippen molar-refractivity contribution in [2.45, 2.75) is 39.0 Å². The van der Waals surface area contributed by atoms with Crippen LogP contribution in [0.2, 0.25) is 0 Å². The molecule has 0 aliphatic heterocycles. The normalized spacial score (nSPS) is 12.4. The summed E-state index contributed by atoms with van der Waals surface area (Å²) in [4.78, 5) is 6.47. The van der Waals surface area contributed by atoms with Crippen molar-refractivity contribution in [1.29, 1.82) is 0 Å². The monoisotopic (exact) mass is 293 g/mol. The Morgan fingerprint density at radius 2 is 1.90 bits per heavy atom. The van der Waals surface area contributed by atoms with E-state index in [1.807, 2.05) is 12.1 Å². The van der Waals surface area contributed by atoms with E-state index in [2.05, 4.69) is 43.0 Å². The Kier molecular flexibility index (Phi) is 6.66. The van der Waals surface area contributed by atoms with Crippen molar-refractivity contribution in [2.75, 3.05) is 27.2 Å². The van der Waals surface area contributed by atoms with Crippen molar-refractivity contribution in [3.63, 3.8) is 0 Å². The third-order valence-electron chi connectivity index (χ3n) is 3.73. The van der Waals surface area contributed by atoms with Crippen molar-refractivity contribution in [2.24, 2.45) is 4.99 Å². The highest BCUT2D eigenvalue weighted by Gasteiger charge is 2.21. The first-order valence-electron chi connectivity index (χ1n) is 7.58. The molecular formula is C17H28FN3. The van der Waals surface area contributed by atoms with Crippen LogP contribution in [-0.2, 0) is 5.41 Å². The average molecular weight is 293 g/mol. The molecule has 1 aromatic carbocycles. The third-order valence-corrected chi connectivity index (χ3v) is 3.73. The molecule has 0 saturated heterocycles. The molecule has 0 aliphatic carbocycles. The summed E-state index contributed by atoms with van der Waals surface area (Å²) in [7, 11) is 3.85. The van der Waals surface area contributed by atoms with Crippen LogP contribution in [0, 0.1) is 5.82 Å². The van der Waals surface area contributed by atoms with Crippen LogP contribution in [0.4, 0.5) is 4.39 Å². The number of aliphatic imine (C=N–C) groups is 1. The van der Waals surface area contributed by atoms with Gasteiger partial charge in [-0.2, -0.15) is 0 Å². The fourth-order valence-electron chi connectivity index (χ4n) is 2.19. The number of halogens is 1. The average Bonchev–Trinajstić information content (AvgIpc) is 2.46. The van der Waals surface area contributed by atoms with Gasteiger partial charge in [-0.05, 0) is 24.1 Å². The molecular weight excluding hydrogens is 265 g/mol. The van der Waals surface area contributed by atoms with E-state index in [-0.39, 0.29) is 11.2 Å². The number of hydrogen-bond donors (Lipinski definition) is 1. The highest BCUT2D eigenvalue weighted by molar-refractivity contribution is 5.79. The van der Waals surface area contributed by atoms with Crippen LogP contribution >= 0.6 is 0 Å². The van der Waals surface area contributed by atoms with Gasteiger partial charge in [0.2, 0.25) is 0 Å². The smallest absolute Gasteiger partial charge is 0.193 e. The molecule has 21 heavy (non-hydrogen) atoms. The van der Waals surface area contributed by atoms with Gasteiger partial charge in [0, 0.05) is 32.6 Å². The van der Waals surface area contributed by atoms with E-state index in [9.17, 15) is 4.39 Å². The Bertz CT molecular complexity index is 452. The van der Waals surface area contributed by atoms with Crippen LogP contribution < -0.4 is 5.32 Å². The summed E-state index contributed by atoms with van der Waals surface area (Å²) in [6.45, 7) is 8.22. The van der Waals surface area contributed by atoms with Crippen molar-refractivity contribution in [1.82, 2.24) is 10.2 Å². The number of unbranched alkanes of at least 4 members (excludes halogenated alkanes) is 1. The van der Waals surface area contributed by atoms with Crippen LogP contribution in [0.5, 0.6) is 0 Å². The van der Waals surface area contributed by atoms with E-state index in [1.54, 1.807) is 7.05 Å². The highest BCUT2D eigenvalue weighted by Crippen LogP contribution is 2.22. The van der Waals surface area contributed by atoms with Gasteiger partial charge in [0.25, 0.3) is 0 Å². The number of benzene rings is 1. The van der Waals surface area contributed by atoms with E-state index in [1.165, 1.54) is 18.6 Å². The number of rotatable bonds is 6. The van der Waals surface area contributed by atoms with Gasteiger partial charge in [-0.15, -0.1) is 0 Å². The number of nitrogens with one attached hydrogen (secondary N) is 1. The van der Waals surface area contributed by atoms with Crippen LogP contribution in [-0.4, -0.2) is 38.0 Å². The van der Waals surface area contributed by atoms with E-state index in [0.29, 0.717) is 0 Å². The topological polar surface area (TPSA) is 27.6 Å². The van der Waals surface area contributed by atoms with Crippen LogP contribution in [0.25, 0.3) is 0 Å². The van der Waals surface area contributed by atoms with Crippen LogP contribution in [0.15, 0.2) is 29.3 Å². The van der Waals surface area contributed by atoms with E-state index in [0.717, 1.165) is 31.0 Å². The van der Waals surface area contributed by atoms with E-state index in [4.69, 9.17) is 0 Å². The number of hydrogen-bond acceptors (Lipinski definition) is 1. The molecule has 0 atom stereocenters. The van der Waals surface area contributed by atoms with Crippen molar-refractivity contribution < 1.29 is 4.39 Å². The molecule has 1 rings (SSSR count). The second-order valence-corrected chi connectivity index (χ2v) is 6.07. The summed E-state index contributed by atoms with van der Waals surface area (Å²) < 4.78 is 13.0. The molecule has 118 valence electrons. The van der Waals surface area contributed by atoms with Gasteiger partial charge < -0.3 is 10.2 Å². The van der Waals surface area contributed by atoms with Gasteiger partial charge >= 0.3 is 0 Å². The minimum Gasteiger partial charge on any atom is -0.355 e. The molecule has 0 unspecified atom stereocenters. The van der Waals surface area contributed by atoms with E-state index >= 15 is 0 Å². The molecule has 0 heterocycles. The molecule has 0 amide bonds. The second-order valence-electron chi connectivity index (χ2n) is 6.07. The lowest BCUT2D eigenvalue weighted by molar-refractivity contribution is 0.442. The van der Waals surface area contributed by atoms with Crippen LogP contribution in [0.1, 0.15) is 39.2 Å². The minimum atomic E-state index is -0.197. The minimum absolute atomic E-state index is 0.0881. The summed E-state index contributed by atoms with van der Waals surface area (Å²) in [6.07, 6.45) is 2.32. The lowest BCUT2D eigenvalue weighted by Gasteiger charge is -2.29. The maximum absolute atomic E-state index is 13.0. The Labute approximate surface area is 128 Å². The Morgan fingerprint density at radius 1 is 1.29 bits per heavy atom. The van der Waals surface area contributed by atoms with Gasteiger partial charge in [-0.1, -0.05) is 39.3 Å². The zero-order chi connectivity index (χ0) is 15.9. The van der Waals surface area contributed by atoms with Crippen molar-refractivity contribution >= 4 is 5.96 Å². The summed E-state index contributed by atoms with van der Waals surface area (Å²) in [6, 6.07) is 6.72. The SMILES string of the molecule is CCCCN(C)C(=NC)NCC(C)(C)c1ccc(F)cc1. The molecule has 0 saturated carbocycles. The molecule has 0 spiro atoms. The Balaban J connectivity index is 2.64. The lowest BCUT2D eigenvalue weighted by atomic mass is 9.84. The summed E-state index contributed by atoms with van der Waals surface area (Å²) in [5.74, 6) is 0.705. The predicted octanol–water partition coefficient (Wildman–Crippen LogP) is 3.41. The largest absolute Gasteiger partial charge is 0.355 e. The maximum atomic E-state index is 13.0. The third kappa shape index (κ3) is 5.37. The van der Waals surface area contributed by atoms with Gasteiger partial charge in [0.1, 0.15) is 5.82 Å². The molecule has 3 nitrogen and oxygen atoms in total. The molecule has 0 fully saturated rings. The summed E-state index contributed by atoms with van der Waals surface area (Å²) in [5, 5.41) is 3.41. The molecule has 0 radical (unpaired) electrons.